The van der Waals surface area contributed by atoms with Crippen molar-refractivity contribution in [3.8, 4) is 5.75 Å². The second kappa shape index (κ2) is 8.75. The number of rotatable bonds is 5. The Morgan fingerprint density at radius 1 is 1.25 bits per heavy atom. The van der Waals surface area contributed by atoms with Crippen molar-refractivity contribution >= 4 is 22.0 Å². The highest BCUT2D eigenvalue weighted by Crippen LogP contribution is 2.29. The summed E-state index contributed by atoms with van der Waals surface area (Å²) in [5, 5.41) is 3.03. The van der Waals surface area contributed by atoms with Crippen LogP contribution in [0, 0.1) is 5.92 Å². The molecule has 1 unspecified atom stereocenters. The summed E-state index contributed by atoms with van der Waals surface area (Å²) in [6, 6.07) is 7.74. The molecule has 0 aliphatic heterocycles. The maximum atomic E-state index is 12.2. The highest BCUT2D eigenvalue weighted by molar-refractivity contribution is 9.10. The Hall–Kier alpha value is -1.23. The molecular formula is C19H28BrNO3. The predicted octanol–water partition coefficient (Wildman–Crippen LogP) is 5.30. The van der Waals surface area contributed by atoms with Gasteiger partial charge >= 0.3 is 6.09 Å². The number of para-hydroxylation sites is 1. The van der Waals surface area contributed by atoms with Crippen LogP contribution < -0.4 is 10.1 Å². The highest BCUT2D eigenvalue weighted by Gasteiger charge is 2.28. The van der Waals surface area contributed by atoms with E-state index in [1.165, 1.54) is 19.3 Å². The molecule has 134 valence electrons. The van der Waals surface area contributed by atoms with E-state index in [2.05, 4.69) is 21.2 Å². The maximum Gasteiger partial charge on any atom is 0.408 e. The molecule has 24 heavy (non-hydrogen) atoms. The summed E-state index contributed by atoms with van der Waals surface area (Å²) in [6.45, 7) is 6.08. The van der Waals surface area contributed by atoms with Crippen LogP contribution in [0.3, 0.4) is 0 Å². The van der Waals surface area contributed by atoms with Gasteiger partial charge in [0.2, 0.25) is 0 Å². The van der Waals surface area contributed by atoms with Gasteiger partial charge in [-0.2, -0.15) is 0 Å². The average molecular weight is 398 g/mol. The minimum atomic E-state index is -0.496. The molecule has 1 amide bonds. The zero-order valence-electron chi connectivity index (χ0n) is 14.8. The van der Waals surface area contributed by atoms with Crippen LogP contribution in [0.2, 0.25) is 0 Å². The summed E-state index contributed by atoms with van der Waals surface area (Å²) in [7, 11) is 0. The molecule has 1 fully saturated rings. The fourth-order valence-electron chi connectivity index (χ4n) is 3.03. The number of alkyl carbamates (subject to hydrolysis) is 1. The molecule has 0 saturated heterocycles. The van der Waals surface area contributed by atoms with Crippen molar-refractivity contribution in [2.24, 2.45) is 5.92 Å². The summed E-state index contributed by atoms with van der Waals surface area (Å²) < 4.78 is 12.3. The molecule has 0 radical (unpaired) electrons. The first-order valence-electron chi connectivity index (χ1n) is 8.72. The van der Waals surface area contributed by atoms with Gasteiger partial charge in [0, 0.05) is 0 Å². The Morgan fingerprint density at radius 3 is 2.54 bits per heavy atom. The first-order valence-corrected chi connectivity index (χ1v) is 9.51. The van der Waals surface area contributed by atoms with Crippen molar-refractivity contribution in [1.29, 1.82) is 0 Å². The van der Waals surface area contributed by atoms with E-state index in [-0.39, 0.29) is 12.1 Å². The number of carbonyl (C=O) groups excluding carboxylic acids is 1. The van der Waals surface area contributed by atoms with Gasteiger partial charge in [0.25, 0.3) is 0 Å². The molecule has 1 saturated carbocycles. The zero-order chi connectivity index (χ0) is 17.6. The predicted molar refractivity (Wildman–Crippen MR) is 99.4 cm³/mol. The summed E-state index contributed by atoms with van der Waals surface area (Å²) in [6.07, 6.45) is 5.59. The second-order valence-electron chi connectivity index (χ2n) is 7.39. The lowest BCUT2D eigenvalue weighted by atomic mass is 9.84. The summed E-state index contributed by atoms with van der Waals surface area (Å²) in [5.41, 5.74) is -0.496. The number of ether oxygens (including phenoxy) is 2. The number of carbonyl (C=O) groups is 1. The molecule has 4 nitrogen and oxygen atoms in total. The largest absolute Gasteiger partial charge is 0.490 e. The second-order valence-corrected chi connectivity index (χ2v) is 8.25. The molecule has 1 atom stereocenters. The normalized spacial score (nSPS) is 17.2. The van der Waals surface area contributed by atoms with E-state index in [4.69, 9.17) is 9.47 Å². The number of hydrogen-bond acceptors (Lipinski definition) is 3. The van der Waals surface area contributed by atoms with Gasteiger partial charge in [0.05, 0.1) is 10.5 Å². The molecule has 1 N–H and O–H groups in total. The first-order chi connectivity index (χ1) is 11.3. The number of benzene rings is 1. The lowest BCUT2D eigenvalue weighted by molar-refractivity contribution is 0.0449. The van der Waals surface area contributed by atoms with Gasteiger partial charge in [-0.05, 0) is 67.6 Å². The molecule has 1 aliphatic rings. The quantitative estimate of drug-likeness (QED) is 0.732. The number of halogens is 1. The highest BCUT2D eigenvalue weighted by atomic mass is 79.9. The molecule has 5 heteroatoms. The Bertz CT molecular complexity index is 536. The Morgan fingerprint density at radius 2 is 1.92 bits per heavy atom. The van der Waals surface area contributed by atoms with Crippen LogP contribution in [0.5, 0.6) is 5.75 Å². The summed E-state index contributed by atoms with van der Waals surface area (Å²) in [5.74, 6) is 1.23. The van der Waals surface area contributed by atoms with Crippen molar-refractivity contribution in [2.75, 3.05) is 6.61 Å². The van der Waals surface area contributed by atoms with E-state index >= 15 is 0 Å². The maximum absolute atomic E-state index is 12.2. The molecule has 1 aromatic carbocycles. The molecule has 2 rings (SSSR count). The van der Waals surface area contributed by atoms with Gasteiger partial charge in [-0.15, -0.1) is 0 Å². The Labute approximate surface area is 153 Å². The minimum absolute atomic E-state index is 0.0349. The van der Waals surface area contributed by atoms with Crippen molar-refractivity contribution in [2.45, 2.75) is 64.5 Å². The van der Waals surface area contributed by atoms with Crippen molar-refractivity contribution in [3.63, 3.8) is 0 Å². The molecule has 0 heterocycles. The third-order valence-corrected chi connectivity index (χ3v) is 4.83. The van der Waals surface area contributed by atoms with Crippen LogP contribution in [0.4, 0.5) is 4.79 Å². The lowest BCUT2D eigenvalue weighted by Gasteiger charge is -2.31. The van der Waals surface area contributed by atoms with Crippen LogP contribution in [0.25, 0.3) is 0 Å². The van der Waals surface area contributed by atoms with E-state index in [0.29, 0.717) is 12.5 Å². The van der Waals surface area contributed by atoms with Crippen LogP contribution in [-0.2, 0) is 4.74 Å². The Balaban J connectivity index is 1.99. The van der Waals surface area contributed by atoms with Gasteiger partial charge in [-0.3, -0.25) is 0 Å². The zero-order valence-corrected chi connectivity index (χ0v) is 16.4. The van der Waals surface area contributed by atoms with Gasteiger partial charge in [0.15, 0.2) is 0 Å². The van der Waals surface area contributed by atoms with E-state index < -0.39 is 5.60 Å². The van der Waals surface area contributed by atoms with Crippen LogP contribution in [0.1, 0.15) is 52.9 Å². The number of nitrogens with one attached hydrogen (secondary N) is 1. The van der Waals surface area contributed by atoms with Gasteiger partial charge < -0.3 is 14.8 Å². The smallest absolute Gasteiger partial charge is 0.408 e. The van der Waals surface area contributed by atoms with E-state index in [1.807, 2.05) is 45.0 Å². The average Bonchev–Trinajstić information content (AvgIpc) is 2.52. The van der Waals surface area contributed by atoms with Crippen molar-refractivity contribution in [1.82, 2.24) is 5.32 Å². The number of amides is 1. The van der Waals surface area contributed by atoms with Gasteiger partial charge in [0.1, 0.15) is 18.0 Å². The monoisotopic (exact) mass is 397 g/mol. The third-order valence-electron chi connectivity index (χ3n) is 4.18. The molecule has 1 aliphatic carbocycles. The van der Waals surface area contributed by atoms with Crippen LogP contribution in [0.15, 0.2) is 28.7 Å². The Kier molecular flexibility index (Phi) is 6.96. The fourth-order valence-corrected chi connectivity index (χ4v) is 3.43. The van der Waals surface area contributed by atoms with Crippen molar-refractivity contribution in [3.05, 3.63) is 28.7 Å². The van der Waals surface area contributed by atoms with E-state index in [1.54, 1.807) is 0 Å². The SMILES string of the molecule is CC(C)(C)OC(=O)NC(COc1ccccc1Br)C1CCCCC1. The summed E-state index contributed by atoms with van der Waals surface area (Å²) >= 11 is 3.50. The third kappa shape index (κ3) is 6.34. The molecule has 1 aromatic rings. The standard InChI is InChI=1S/C19H28BrNO3/c1-19(2,3)24-18(22)21-16(14-9-5-4-6-10-14)13-23-17-12-8-7-11-15(17)20/h7-8,11-12,14,16H,4-6,9-10,13H2,1-3H3,(H,21,22). The molecule has 0 aromatic heterocycles. The summed E-state index contributed by atoms with van der Waals surface area (Å²) in [4.78, 5) is 12.2. The molecule has 0 spiro atoms. The molecular weight excluding hydrogens is 370 g/mol. The van der Waals surface area contributed by atoms with Crippen molar-refractivity contribution < 1.29 is 14.3 Å². The van der Waals surface area contributed by atoms with Crippen LogP contribution >= 0.6 is 15.9 Å². The lowest BCUT2D eigenvalue weighted by Crippen LogP contribution is -2.46. The topological polar surface area (TPSA) is 47.6 Å². The fraction of sp³-hybridized carbons (Fsp3) is 0.632. The number of hydrogen-bond donors (Lipinski definition) is 1. The van der Waals surface area contributed by atoms with Crippen LogP contribution in [-0.4, -0.2) is 24.3 Å². The van der Waals surface area contributed by atoms with Gasteiger partial charge in [-0.25, -0.2) is 4.79 Å². The van der Waals surface area contributed by atoms with Gasteiger partial charge in [-0.1, -0.05) is 31.4 Å². The molecule has 0 bridgehead atoms. The first kappa shape index (κ1) is 19.1. The van der Waals surface area contributed by atoms with E-state index in [9.17, 15) is 4.79 Å². The minimum Gasteiger partial charge on any atom is -0.490 e. The van der Waals surface area contributed by atoms with E-state index in [0.717, 1.165) is 23.1 Å².